The Hall–Kier alpha value is -0.340. The second-order valence-electron chi connectivity index (χ2n) is 9.26. The van der Waals surface area contributed by atoms with E-state index in [0.29, 0.717) is 22.7 Å². The standard InChI is InChI=1S/C20H34O2/c1-7-13(2)14-11-16-19(5)10-8-9-18(3,4)15(19)12-17(21)20(16,6)22-14/h7,14-17,21H,8-12H2,1-6H3/b13-7+/t14-,15+,16-,17+,19+,20+/m0/s1. The molecule has 6 atom stereocenters. The fourth-order valence-electron chi connectivity index (χ4n) is 6.21. The van der Waals surface area contributed by atoms with Gasteiger partial charge in [-0.15, -0.1) is 0 Å². The smallest absolute Gasteiger partial charge is 0.0954 e. The number of fused-ring (bicyclic) bond motifs is 3. The molecule has 3 aliphatic rings. The minimum absolute atomic E-state index is 0.190. The van der Waals surface area contributed by atoms with Gasteiger partial charge in [-0.05, 0) is 74.7 Å². The van der Waals surface area contributed by atoms with Gasteiger partial charge in [0.1, 0.15) is 0 Å². The summed E-state index contributed by atoms with van der Waals surface area (Å²) in [6.07, 6.45) is 7.90. The molecule has 1 heterocycles. The first-order valence-electron chi connectivity index (χ1n) is 9.14. The maximum Gasteiger partial charge on any atom is 0.0954 e. The summed E-state index contributed by atoms with van der Waals surface area (Å²) in [6, 6.07) is 0. The predicted octanol–water partition coefficient (Wildman–Crippen LogP) is 4.71. The zero-order valence-corrected chi connectivity index (χ0v) is 15.3. The van der Waals surface area contributed by atoms with Crippen molar-refractivity contribution in [2.24, 2.45) is 22.7 Å². The highest BCUT2D eigenvalue weighted by molar-refractivity contribution is 5.18. The first-order chi connectivity index (χ1) is 10.1. The minimum Gasteiger partial charge on any atom is -0.390 e. The molecule has 2 nitrogen and oxygen atoms in total. The van der Waals surface area contributed by atoms with Gasteiger partial charge in [-0.25, -0.2) is 0 Å². The summed E-state index contributed by atoms with van der Waals surface area (Å²) in [6.45, 7) is 13.7. The van der Waals surface area contributed by atoms with Gasteiger partial charge in [0, 0.05) is 0 Å². The van der Waals surface area contributed by atoms with Gasteiger partial charge < -0.3 is 9.84 Å². The van der Waals surface area contributed by atoms with E-state index < -0.39 is 0 Å². The van der Waals surface area contributed by atoms with Crippen molar-refractivity contribution in [3.8, 4) is 0 Å². The van der Waals surface area contributed by atoms with Gasteiger partial charge in [0.15, 0.2) is 0 Å². The number of allylic oxidation sites excluding steroid dienone is 1. The Bertz CT molecular complexity index is 480. The maximum atomic E-state index is 11.0. The lowest BCUT2D eigenvalue weighted by atomic mass is 9.45. The third kappa shape index (κ3) is 2.13. The van der Waals surface area contributed by atoms with Crippen LogP contribution >= 0.6 is 0 Å². The fraction of sp³-hybridized carbons (Fsp3) is 0.900. The maximum absolute atomic E-state index is 11.0. The molecule has 3 fully saturated rings. The Morgan fingerprint density at radius 3 is 2.41 bits per heavy atom. The molecule has 22 heavy (non-hydrogen) atoms. The van der Waals surface area contributed by atoms with Crippen LogP contribution in [0, 0.1) is 22.7 Å². The van der Waals surface area contributed by atoms with Crippen LogP contribution in [0.4, 0.5) is 0 Å². The van der Waals surface area contributed by atoms with E-state index in [4.69, 9.17) is 4.74 Å². The van der Waals surface area contributed by atoms with Crippen molar-refractivity contribution in [1.29, 1.82) is 0 Å². The van der Waals surface area contributed by atoms with Crippen molar-refractivity contribution < 1.29 is 9.84 Å². The highest BCUT2D eigenvalue weighted by atomic mass is 16.5. The average Bonchev–Trinajstić information content (AvgIpc) is 2.81. The number of aliphatic hydroxyl groups is 1. The minimum atomic E-state index is -0.367. The number of ether oxygens (including phenoxy) is 1. The molecule has 2 heteroatoms. The third-order valence-electron chi connectivity index (χ3n) is 7.69. The zero-order chi connectivity index (χ0) is 16.3. The van der Waals surface area contributed by atoms with Crippen molar-refractivity contribution in [3.63, 3.8) is 0 Å². The van der Waals surface area contributed by atoms with Crippen LogP contribution in [0.25, 0.3) is 0 Å². The highest BCUT2D eigenvalue weighted by Gasteiger charge is 2.65. The second kappa shape index (κ2) is 5.08. The molecule has 0 spiro atoms. The zero-order valence-electron chi connectivity index (χ0n) is 15.3. The van der Waals surface area contributed by atoms with E-state index in [0.717, 1.165) is 12.8 Å². The van der Waals surface area contributed by atoms with E-state index in [-0.39, 0.29) is 17.8 Å². The number of hydrogen-bond donors (Lipinski definition) is 1. The van der Waals surface area contributed by atoms with Crippen molar-refractivity contribution in [2.75, 3.05) is 0 Å². The fourth-order valence-corrected chi connectivity index (χ4v) is 6.21. The molecule has 0 amide bonds. The van der Waals surface area contributed by atoms with Gasteiger partial charge in [0.05, 0.1) is 17.8 Å². The topological polar surface area (TPSA) is 29.5 Å². The van der Waals surface area contributed by atoms with E-state index in [9.17, 15) is 5.11 Å². The quantitative estimate of drug-likeness (QED) is 0.711. The molecule has 0 aromatic rings. The van der Waals surface area contributed by atoms with Gasteiger partial charge in [-0.1, -0.05) is 33.3 Å². The summed E-state index contributed by atoms with van der Waals surface area (Å²) >= 11 is 0. The summed E-state index contributed by atoms with van der Waals surface area (Å²) in [5, 5.41) is 11.0. The Labute approximate surface area is 136 Å². The molecular weight excluding hydrogens is 272 g/mol. The number of hydrogen-bond acceptors (Lipinski definition) is 2. The molecule has 3 rings (SSSR count). The van der Waals surface area contributed by atoms with Gasteiger partial charge >= 0.3 is 0 Å². The van der Waals surface area contributed by atoms with Crippen molar-refractivity contribution in [1.82, 2.24) is 0 Å². The van der Waals surface area contributed by atoms with E-state index in [1.165, 1.54) is 24.8 Å². The van der Waals surface area contributed by atoms with E-state index in [1.807, 2.05) is 0 Å². The molecule has 1 N–H and O–H groups in total. The van der Waals surface area contributed by atoms with E-state index in [2.05, 4.69) is 47.6 Å². The Morgan fingerprint density at radius 1 is 1.09 bits per heavy atom. The largest absolute Gasteiger partial charge is 0.390 e. The highest BCUT2D eigenvalue weighted by Crippen LogP contribution is 2.65. The molecule has 1 saturated heterocycles. The molecule has 0 aromatic heterocycles. The third-order valence-corrected chi connectivity index (χ3v) is 7.69. The molecule has 126 valence electrons. The summed E-state index contributed by atoms with van der Waals surface area (Å²) in [5.74, 6) is 1.07. The van der Waals surface area contributed by atoms with Crippen LogP contribution in [-0.2, 0) is 4.74 Å². The summed E-state index contributed by atoms with van der Waals surface area (Å²) < 4.78 is 6.48. The van der Waals surface area contributed by atoms with Crippen molar-refractivity contribution in [3.05, 3.63) is 11.6 Å². The molecule has 2 aliphatic carbocycles. The molecule has 1 aliphatic heterocycles. The lowest BCUT2D eigenvalue weighted by Crippen LogP contribution is -2.61. The van der Waals surface area contributed by atoms with Gasteiger partial charge in [-0.2, -0.15) is 0 Å². The van der Waals surface area contributed by atoms with Crippen LogP contribution in [-0.4, -0.2) is 22.9 Å². The van der Waals surface area contributed by atoms with Crippen LogP contribution < -0.4 is 0 Å². The van der Waals surface area contributed by atoms with Gasteiger partial charge in [-0.3, -0.25) is 0 Å². The van der Waals surface area contributed by atoms with Crippen LogP contribution in [0.1, 0.15) is 73.6 Å². The molecular formula is C20H34O2. The first-order valence-corrected chi connectivity index (χ1v) is 9.14. The summed E-state index contributed by atoms with van der Waals surface area (Å²) in [7, 11) is 0. The average molecular weight is 306 g/mol. The Morgan fingerprint density at radius 2 is 1.77 bits per heavy atom. The monoisotopic (exact) mass is 306 g/mol. The molecule has 2 saturated carbocycles. The Balaban J connectivity index is 2.00. The van der Waals surface area contributed by atoms with Crippen LogP contribution in [0.5, 0.6) is 0 Å². The molecule has 0 aromatic carbocycles. The first kappa shape index (κ1) is 16.5. The lowest BCUT2D eigenvalue weighted by Gasteiger charge is -2.61. The Kier molecular flexibility index (Phi) is 3.81. The predicted molar refractivity (Wildman–Crippen MR) is 90.7 cm³/mol. The van der Waals surface area contributed by atoms with Gasteiger partial charge in [0.2, 0.25) is 0 Å². The van der Waals surface area contributed by atoms with Crippen molar-refractivity contribution in [2.45, 2.75) is 91.5 Å². The van der Waals surface area contributed by atoms with Crippen molar-refractivity contribution >= 4 is 0 Å². The van der Waals surface area contributed by atoms with Crippen LogP contribution in [0.2, 0.25) is 0 Å². The van der Waals surface area contributed by atoms with E-state index in [1.54, 1.807) is 0 Å². The second-order valence-corrected chi connectivity index (χ2v) is 9.26. The normalized spacial score (nSPS) is 51.3. The summed E-state index contributed by atoms with van der Waals surface area (Å²) in [5.41, 5.74) is 1.59. The van der Waals surface area contributed by atoms with Crippen LogP contribution in [0.15, 0.2) is 11.6 Å². The number of aliphatic hydroxyl groups excluding tert-OH is 1. The molecule has 0 bridgehead atoms. The molecule has 0 radical (unpaired) electrons. The lowest BCUT2D eigenvalue weighted by molar-refractivity contribution is -0.207. The number of rotatable bonds is 1. The summed E-state index contributed by atoms with van der Waals surface area (Å²) in [4.78, 5) is 0. The SMILES string of the molecule is C/C=C(\C)[C@@H]1C[C@H]2[C@]3(C)CCCC(C)(C)[C@H]3C[C@@H](O)[C@]2(C)O1. The van der Waals surface area contributed by atoms with E-state index >= 15 is 0 Å². The van der Waals surface area contributed by atoms with Gasteiger partial charge in [0.25, 0.3) is 0 Å². The molecule has 0 unspecified atom stereocenters. The van der Waals surface area contributed by atoms with Crippen LogP contribution in [0.3, 0.4) is 0 Å².